The third kappa shape index (κ3) is 3.79. The summed E-state index contributed by atoms with van der Waals surface area (Å²) in [6.07, 6.45) is -2.08. The molecule has 2 saturated heterocycles. The normalized spacial score (nSPS) is 30.2. The molecule has 1 unspecified atom stereocenters. The standard InChI is InChI=1S/C16H22O7S/c1-10-4-6-11(7-5-10)24(18,19)20-9-12(17)13-8-14-15(21-13)23-16(2,3)22-14/h4-7,12-15,17H,8-9H2,1-3H3/t12?,13-,14+,15+/m0/s1. The topological polar surface area (TPSA) is 91.3 Å². The van der Waals surface area contributed by atoms with Crippen LogP contribution in [-0.4, -0.2) is 50.5 Å². The predicted octanol–water partition coefficient (Wildman–Crippen LogP) is 1.33. The van der Waals surface area contributed by atoms with Gasteiger partial charge in [0.05, 0.1) is 17.6 Å². The van der Waals surface area contributed by atoms with Crippen LogP contribution in [0.25, 0.3) is 0 Å². The highest BCUT2D eigenvalue weighted by molar-refractivity contribution is 7.86. The molecule has 0 bridgehead atoms. The van der Waals surface area contributed by atoms with Gasteiger partial charge in [0.25, 0.3) is 10.1 Å². The number of ether oxygens (including phenoxy) is 3. The Labute approximate surface area is 141 Å². The first-order chi connectivity index (χ1) is 11.2. The van der Waals surface area contributed by atoms with E-state index in [9.17, 15) is 13.5 Å². The number of hydrogen-bond acceptors (Lipinski definition) is 7. The van der Waals surface area contributed by atoms with E-state index in [1.54, 1.807) is 26.0 Å². The van der Waals surface area contributed by atoms with E-state index >= 15 is 0 Å². The third-order valence-electron chi connectivity index (χ3n) is 4.05. The monoisotopic (exact) mass is 358 g/mol. The number of fused-ring (bicyclic) bond motifs is 1. The second-order valence-electron chi connectivity index (χ2n) is 6.57. The molecule has 4 atom stereocenters. The summed E-state index contributed by atoms with van der Waals surface area (Å²) in [6, 6.07) is 6.31. The van der Waals surface area contributed by atoms with Gasteiger partial charge >= 0.3 is 0 Å². The first-order valence-corrected chi connectivity index (χ1v) is 9.22. The highest BCUT2D eigenvalue weighted by Gasteiger charge is 2.50. The Balaban J connectivity index is 1.55. The summed E-state index contributed by atoms with van der Waals surface area (Å²) in [4.78, 5) is 0.0536. The lowest BCUT2D eigenvalue weighted by Crippen LogP contribution is -2.34. The van der Waals surface area contributed by atoms with Crippen molar-refractivity contribution in [3.8, 4) is 0 Å². The van der Waals surface area contributed by atoms with Crippen LogP contribution >= 0.6 is 0 Å². The molecule has 1 aromatic carbocycles. The second kappa shape index (κ2) is 6.36. The van der Waals surface area contributed by atoms with Gasteiger partial charge in [-0.1, -0.05) is 17.7 Å². The smallest absolute Gasteiger partial charge is 0.297 e. The second-order valence-corrected chi connectivity index (χ2v) is 8.19. The average Bonchev–Trinajstić information content (AvgIpc) is 2.99. The molecular weight excluding hydrogens is 336 g/mol. The van der Waals surface area contributed by atoms with Crippen molar-refractivity contribution in [3.05, 3.63) is 29.8 Å². The summed E-state index contributed by atoms with van der Waals surface area (Å²) in [7, 11) is -3.92. The van der Waals surface area contributed by atoms with Gasteiger partial charge in [-0.25, -0.2) is 0 Å². The van der Waals surface area contributed by atoms with E-state index in [4.69, 9.17) is 18.4 Å². The first kappa shape index (κ1) is 17.8. The van der Waals surface area contributed by atoms with Crippen LogP contribution in [0.3, 0.4) is 0 Å². The van der Waals surface area contributed by atoms with E-state index in [-0.39, 0.29) is 17.6 Å². The summed E-state index contributed by atoms with van der Waals surface area (Å²) in [6.45, 7) is 5.05. The van der Waals surface area contributed by atoms with E-state index in [1.165, 1.54) is 12.1 Å². The van der Waals surface area contributed by atoms with Gasteiger partial charge in [-0.15, -0.1) is 0 Å². The molecule has 3 rings (SSSR count). The molecular formula is C16H22O7S. The van der Waals surface area contributed by atoms with Crippen LogP contribution in [0.1, 0.15) is 25.8 Å². The van der Waals surface area contributed by atoms with E-state index in [1.807, 2.05) is 6.92 Å². The van der Waals surface area contributed by atoms with Gasteiger partial charge in [-0.05, 0) is 32.9 Å². The minimum absolute atomic E-state index is 0.0536. The van der Waals surface area contributed by atoms with E-state index in [0.717, 1.165) is 5.56 Å². The van der Waals surface area contributed by atoms with Gasteiger partial charge in [0.2, 0.25) is 0 Å². The maximum absolute atomic E-state index is 12.1. The van der Waals surface area contributed by atoms with Crippen molar-refractivity contribution in [1.82, 2.24) is 0 Å². The van der Waals surface area contributed by atoms with Crippen LogP contribution in [0.5, 0.6) is 0 Å². The largest absolute Gasteiger partial charge is 0.388 e. The fourth-order valence-corrected chi connectivity index (χ4v) is 3.75. The number of rotatable bonds is 5. The highest BCUT2D eigenvalue weighted by Crippen LogP contribution is 2.38. The molecule has 2 fully saturated rings. The average molecular weight is 358 g/mol. The van der Waals surface area contributed by atoms with Crippen LogP contribution in [0.2, 0.25) is 0 Å². The lowest BCUT2D eigenvalue weighted by atomic mass is 10.1. The lowest BCUT2D eigenvalue weighted by Gasteiger charge is -2.22. The summed E-state index contributed by atoms with van der Waals surface area (Å²) in [5.41, 5.74) is 0.947. The molecule has 1 aromatic rings. The number of aliphatic hydroxyl groups excluding tert-OH is 1. The number of aryl methyl sites for hydroxylation is 1. The molecule has 24 heavy (non-hydrogen) atoms. The van der Waals surface area contributed by atoms with Crippen LogP contribution in [0.4, 0.5) is 0 Å². The van der Waals surface area contributed by atoms with Crippen molar-refractivity contribution >= 4 is 10.1 Å². The van der Waals surface area contributed by atoms with Gasteiger partial charge in [0.15, 0.2) is 12.1 Å². The Bertz CT molecular complexity index is 667. The van der Waals surface area contributed by atoms with Gasteiger partial charge in [-0.2, -0.15) is 8.42 Å². The van der Waals surface area contributed by atoms with Crippen molar-refractivity contribution < 1.29 is 31.9 Å². The van der Waals surface area contributed by atoms with Crippen LogP contribution in [0, 0.1) is 6.92 Å². The molecule has 0 amide bonds. The fourth-order valence-electron chi connectivity index (χ4n) is 2.82. The minimum Gasteiger partial charge on any atom is -0.388 e. The zero-order valence-corrected chi connectivity index (χ0v) is 14.7. The van der Waals surface area contributed by atoms with Gasteiger partial charge in [0.1, 0.15) is 12.2 Å². The SMILES string of the molecule is Cc1ccc(S(=O)(=O)OCC(O)[C@@H]2C[C@H]3OC(C)(C)O[C@H]3O2)cc1. The molecule has 0 radical (unpaired) electrons. The molecule has 1 N–H and O–H groups in total. The molecule has 7 nitrogen and oxygen atoms in total. The van der Waals surface area contributed by atoms with Crippen molar-refractivity contribution in [2.24, 2.45) is 0 Å². The molecule has 0 saturated carbocycles. The molecule has 2 heterocycles. The Hall–Kier alpha value is -1.03. The Morgan fingerprint density at radius 3 is 2.58 bits per heavy atom. The van der Waals surface area contributed by atoms with Gasteiger partial charge in [0, 0.05) is 6.42 Å². The maximum atomic E-state index is 12.1. The number of hydrogen-bond donors (Lipinski definition) is 1. The molecule has 2 aliphatic heterocycles. The Morgan fingerprint density at radius 2 is 1.96 bits per heavy atom. The van der Waals surface area contributed by atoms with Crippen LogP contribution < -0.4 is 0 Å². The molecule has 0 spiro atoms. The molecule has 8 heteroatoms. The molecule has 0 aromatic heterocycles. The number of benzene rings is 1. The van der Waals surface area contributed by atoms with Gasteiger partial charge in [-0.3, -0.25) is 4.18 Å². The molecule has 2 aliphatic rings. The summed E-state index contributed by atoms with van der Waals surface area (Å²) >= 11 is 0. The fraction of sp³-hybridized carbons (Fsp3) is 0.625. The molecule has 0 aliphatic carbocycles. The lowest BCUT2D eigenvalue weighted by molar-refractivity contribution is -0.215. The van der Waals surface area contributed by atoms with E-state index in [2.05, 4.69) is 0 Å². The zero-order valence-electron chi connectivity index (χ0n) is 13.8. The van der Waals surface area contributed by atoms with E-state index < -0.39 is 34.4 Å². The summed E-state index contributed by atoms with van der Waals surface area (Å²) in [5, 5.41) is 10.2. The van der Waals surface area contributed by atoms with Crippen molar-refractivity contribution in [2.75, 3.05) is 6.61 Å². The quantitative estimate of drug-likeness (QED) is 0.794. The summed E-state index contributed by atoms with van der Waals surface area (Å²) in [5.74, 6) is -0.712. The number of aliphatic hydroxyl groups is 1. The van der Waals surface area contributed by atoms with Gasteiger partial charge < -0.3 is 19.3 Å². The van der Waals surface area contributed by atoms with Crippen molar-refractivity contribution in [2.45, 2.75) is 62.5 Å². The minimum atomic E-state index is -3.92. The van der Waals surface area contributed by atoms with Crippen molar-refractivity contribution in [1.29, 1.82) is 0 Å². The third-order valence-corrected chi connectivity index (χ3v) is 5.34. The van der Waals surface area contributed by atoms with E-state index in [0.29, 0.717) is 6.42 Å². The maximum Gasteiger partial charge on any atom is 0.297 e. The highest BCUT2D eigenvalue weighted by atomic mass is 32.2. The van der Waals surface area contributed by atoms with Crippen LogP contribution in [-0.2, 0) is 28.5 Å². The first-order valence-electron chi connectivity index (χ1n) is 7.81. The Morgan fingerprint density at radius 1 is 1.29 bits per heavy atom. The summed E-state index contributed by atoms with van der Waals surface area (Å²) < 4.78 is 46.0. The predicted molar refractivity (Wildman–Crippen MR) is 83.6 cm³/mol. The van der Waals surface area contributed by atoms with Crippen molar-refractivity contribution in [3.63, 3.8) is 0 Å². The van der Waals surface area contributed by atoms with Crippen LogP contribution in [0.15, 0.2) is 29.2 Å². The Kier molecular flexibility index (Phi) is 4.71. The zero-order chi connectivity index (χ0) is 17.5. The molecule has 134 valence electrons.